The third-order valence-electron chi connectivity index (χ3n) is 5.97. The summed E-state index contributed by atoms with van der Waals surface area (Å²) in [6, 6.07) is 20.5. The molecule has 2 N–H and O–H groups in total. The minimum Gasteiger partial charge on any atom is -0.445 e. The van der Waals surface area contributed by atoms with Crippen molar-refractivity contribution in [1.29, 1.82) is 0 Å². The predicted octanol–water partition coefficient (Wildman–Crippen LogP) is 3.40. The van der Waals surface area contributed by atoms with Crippen molar-refractivity contribution in [2.45, 2.75) is 18.9 Å². The minimum absolute atomic E-state index is 0.0838. The van der Waals surface area contributed by atoms with Gasteiger partial charge in [-0.3, -0.25) is 19.3 Å². The molecule has 1 atom stereocenters. The van der Waals surface area contributed by atoms with Crippen molar-refractivity contribution in [1.82, 2.24) is 0 Å². The van der Waals surface area contributed by atoms with Crippen LogP contribution in [0, 0.1) is 0 Å². The molecule has 0 spiro atoms. The van der Waals surface area contributed by atoms with Crippen molar-refractivity contribution < 1.29 is 23.9 Å². The molecule has 0 aliphatic carbocycles. The van der Waals surface area contributed by atoms with Crippen molar-refractivity contribution in [2.75, 3.05) is 22.1 Å². The topological polar surface area (TPSA) is 105 Å². The van der Waals surface area contributed by atoms with Gasteiger partial charge >= 0.3 is 5.97 Å². The molecule has 0 aromatic heterocycles. The molecule has 2 aliphatic rings. The summed E-state index contributed by atoms with van der Waals surface area (Å²) in [6.45, 7) is 1.49. The van der Waals surface area contributed by atoms with Gasteiger partial charge in [0.15, 0.2) is 5.60 Å². The Balaban J connectivity index is 1.32. The maximum atomic E-state index is 13.1. The van der Waals surface area contributed by atoms with Crippen LogP contribution >= 0.6 is 0 Å². The van der Waals surface area contributed by atoms with E-state index >= 15 is 0 Å². The van der Waals surface area contributed by atoms with E-state index in [2.05, 4.69) is 10.6 Å². The zero-order valence-corrected chi connectivity index (χ0v) is 18.3. The highest BCUT2D eigenvalue weighted by molar-refractivity contribution is 6.15. The van der Waals surface area contributed by atoms with Crippen LogP contribution in [-0.2, 0) is 20.7 Å². The summed E-state index contributed by atoms with van der Waals surface area (Å²) in [5.74, 6) is -1.60. The first-order chi connectivity index (χ1) is 16.3. The van der Waals surface area contributed by atoms with Gasteiger partial charge in [0.25, 0.3) is 11.8 Å². The number of anilines is 3. The lowest BCUT2D eigenvalue weighted by atomic mass is 9.89. The maximum Gasteiger partial charge on any atom is 0.339 e. The highest BCUT2D eigenvalue weighted by atomic mass is 16.6. The number of carbonyl (C=O) groups excluding carboxylic acids is 4. The largest absolute Gasteiger partial charge is 0.445 e. The van der Waals surface area contributed by atoms with Crippen LogP contribution in [0.1, 0.15) is 33.2 Å². The summed E-state index contributed by atoms with van der Waals surface area (Å²) < 4.78 is 5.47. The molecule has 2 aliphatic heterocycles. The zero-order chi connectivity index (χ0) is 23.9. The number of carbonyl (C=O) groups is 4. The highest BCUT2D eigenvalue weighted by Gasteiger charge is 2.42. The Morgan fingerprint density at radius 2 is 1.68 bits per heavy atom. The van der Waals surface area contributed by atoms with Gasteiger partial charge in [-0.2, -0.15) is 0 Å². The van der Waals surface area contributed by atoms with Crippen molar-refractivity contribution in [3.05, 3.63) is 89.5 Å². The number of nitrogens with one attached hydrogen (secondary N) is 2. The SMILES string of the molecule is CC1(C(=O)Nc2ccc(C(=O)N3CC(=O)Nc4ccccc43)cc2)Cc2ccccc2C(=O)O1. The number of para-hydroxylation sites is 2. The van der Waals surface area contributed by atoms with Crippen LogP contribution in [0.15, 0.2) is 72.8 Å². The van der Waals surface area contributed by atoms with E-state index in [1.807, 2.05) is 6.07 Å². The van der Waals surface area contributed by atoms with Gasteiger partial charge in [0.05, 0.1) is 16.9 Å². The molecule has 0 radical (unpaired) electrons. The molecule has 0 bridgehead atoms. The molecule has 1 unspecified atom stereocenters. The fraction of sp³-hybridized carbons (Fsp3) is 0.154. The van der Waals surface area contributed by atoms with E-state index in [9.17, 15) is 19.2 Å². The highest BCUT2D eigenvalue weighted by Crippen LogP contribution is 2.31. The van der Waals surface area contributed by atoms with Crippen LogP contribution in [0.25, 0.3) is 0 Å². The van der Waals surface area contributed by atoms with E-state index in [0.29, 0.717) is 28.2 Å². The van der Waals surface area contributed by atoms with Crippen LogP contribution in [0.4, 0.5) is 17.1 Å². The summed E-state index contributed by atoms with van der Waals surface area (Å²) in [7, 11) is 0. The molecule has 0 saturated heterocycles. The first-order valence-electron chi connectivity index (χ1n) is 10.8. The maximum absolute atomic E-state index is 13.1. The van der Waals surface area contributed by atoms with Crippen LogP contribution in [-0.4, -0.2) is 35.8 Å². The van der Waals surface area contributed by atoms with E-state index in [-0.39, 0.29) is 24.8 Å². The molecule has 0 fully saturated rings. The van der Waals surface area contributed by atoms with Gasteiger partial charge in [0.1, 0.15) is 6.54 Å². The number of fused-ring (bicyclic) bond motifs is 2. The Kier molecular flexibility index (Phi) is 5.13. The number of nitrogens with zero attached hydrogens (tertiary/aromatic N) is 1. The summed E-state index contributed by atoms with van der Waals surface area (Å²) in [6.07, 6.45) is 0.258. The number of hydrogen-bond donors (Lipinski definition) is 2. The predicted molar refractivity (Wildman–Crippen MR) is 126 cm³/mol. The normalized spacial score (nSPS) is 18.8. The average molecular weight is 455 g/mol. The number of benzene rings is 3. The van der Waals surface area contributed by atoms with Crippen molar-refractivity contribution >= 4 is 40.8 Å². The zero-order valence-electron chi connectivity index (χ0n) is 18.3. The molecule has 3 aromatic carbocycles. The summed E-state index contributed by atoms with van der Waals surface area (Å²) in [4.78, 5) is 51.9. The lowest BCUT2D eigenvalue weighted by molar-refractivity contribution is -0.134. The first kappa shape index (κ1) is 21.4. The van der Waals surface area contributed by atoms with E-state index in [1.54, 1.807) is 73.7 Å². The molecule has 34 heavy (non-hydrogen) atoms. The standard InChI is InChI=1S/C26H21N3O5/c1-26(14-17-6-2-3-7-19(17)24(32)34-26)25(33)27-18-12-10-16(11-13-18)23(31)29-15-22(30)28-20-8-4-5-9-21(20)29/h2-13H,14-15H2,1H3,(H,27,33)(H,28,30). The molecule has 8 heteroatoms. The molecule has 8 nitrogen and oxygen atoms in total. The minimum atomic E-state index is -1.36. The Morgan fingerprint density at radius 3 is 2.47 bits per heavy atom. The fourth-order valence-electron chi connectivity index (χ4n) is 4.19. The number of amides is 3. The van der Waals surface area contributed by atoms with Gasteiger partial charge in [0.2, 0.25) is 5.91 Å². The molecule has 0 saturated carbocycles. The first-order valence-corrected chi connectivity index (χ1v) is 10.8. The van der Waals surface area contributed by atoms with Crippen LogP contribution in [0.3, 0.4) is 0 Å². The second kappa shape index (κ2) is 8.15. The Labute approximate surface area is 195 Å². The summed E-state index contributed by atoms with van der Waals surface area (Å²) >= 11 is 0. The molecule has 3 amide bonds. The number of rotatable bonds is 3. The van der Waals surface area contributed by atoms with E-state index in [0.717, 1.165) is 5.56 Å². The Bertz CT molecular complexity index is 1330. The van der Waals surface area contributed by atoms with Gasteiger partial charge in [-0.05, 0) is 55.0 Å². The average Bonchev–Trinajstić information content (AvgIpc) is 2.83. The molecular weight excluding hydrogens is 434 g/mol. The third-order valence-corrected chi connectivity index (χ3v) is 5.97. The number of cyclic esters (lactones) is 1. The quantitative estimate of drug-likeness (QED) is 0.589. The lowest BCUT2D eigenvalue weighted by Crippen LogP contribution is -2.48. The second-order valence-corrected chi connectivity index (χ2v) is 8.44. The smallest absolute Gasteiger partial charge is 0.339 e. The number of ether oxygens (including phenoxy) is 1. The third kappa shape index (κ3) is 3.79. The van der Waals surface area contributed by atoms with E-state index in [4.69, 9.17) is 4.74 Å². The fourth-order valence-corrected chi connectivity index (χ4v) is 4.19. The molecule has 170 valence electrons. The van der Waals surface area contributed by atoms with Gasteiger partial charge in [-0.1, -0.05) is 30.3 Å². The lowest BCUT2D eigenvalue weighted by Gasteiger charge is -2.33. The Morgan fingerprint density at radius 1 is 0.971 bits per heavy atom. The van der Waals surface area contributed by atoms with Crippen LogP contribution in [0.5, 0.6) is 0 Å². The number of hydrogen-bond acceptors (Lipinski definition) is 5. The van der Waals surface area contributed by atoms with Crippen molar-refractivity contribution in [3.8, 4) is 0 Å². The van der Waals surface area contributed by atoms with Gasteiger partial charge < -0.3 is 15.4 Å². The van der Waals surface area contributed by atoms with E-state index < -0.39 is 17.5 Å². The summed E-state index contributed by atoms with van der Waals surface area (Å²) in [5.41, 5.74) is 1.88. The molecule has 5 rings (SSSR count). The van der Waals surface area contributed by atoms with Gasteiger partial charge in [-0.25, -0.2) is 4.79 Å². The molecule has 3 aromatic rings. The Hall–Kier alpha value is -4.46. The second-order valence-electron chi connectivity index (χ2n) is 8.44. The van der Waals surface area contributed by atoms with E-state index in [1.165, 1.54) is 4.90 Å². The van der Waals surface area contributed by atoms with Crippen molar-refractivity contribution in [3.63, 3.8) is 0 Å². The molecular formula is C26H21N3O5. The monoisotopic (exact) mass is 455 g/mol. The van der Waals surface area contributed by atoms with Gasteiger partial charge in [-0.15, -0.1) is 0 Å². The van der Waals surface area contributed by atoms with Crippen LogP contribution in [0.2, 0.25) is 0 Å². The van der Waals surface area contributed by atoms with Crippen LogP contribution < -0.4 is 15.5 Å². The molecule has 2 heterocycles. The van der Waals surface area contributed by atoms with Gasteiger partial charge in [0, 0.05) is 17.7 Å². The van der Waals surface area contributed by atoms with Crippen molar-refractivity contribution in [2.24, 2.45) is 0 Å². The number of esters is 1. The summed E-state index contributed by atoms with van der Waals surface area (Å²) in [5, 5.41) is 5.52.